The number of nitrogens with one attached hydrogen (secondary N) is 1. The average molecular weight is 340 g/mol. The molecule has 1 unspecified atom stereocenters. The van der Waals surface area contributed by atoms with Crippen LogP contribution < -0.4 is 11.1 Å². The first-order chi connectivity index (χ1) is 11.5. The smallest absolute Gasteiger partial charge is 0.240 e. The van der Waals surface area contributed by atoms with Gasteiger partial charge in [-0.3, -0.25) is 4.79 Å². The molecular weight excluding hydrogens is 320 g/mol. The van der Waals surface area contributed by atoms with Crippen LogP contribution in [0.15, 0.2) is 35.7 Å². The Kier molecular flexibility index (Phi) is 4.49. The topological polar surface area (TPSA) is 80.9 Å². The Bertz CT molecular complexity index is 873. The Morgan fingerprint density at radius 1 is 1.21 bits per heavy atom. The molecule has 3 aromatic rings. The maximum absolute atomic E-state index is 11.8. The number of anilines is 1. The van der Waals surface area contributed by atoms with Crippen LogP contribution in [-0.4, -0.2) is 21.9 Å². The molecule has 0 spiro atoms. The molecule has 2 heterocycles. The number of aryl methyl sites for hydroxylation is 1. The lowest BCUT2D eigenvalue weighted by Gasteiger charge is -2.20. The maximum atomic E-state index is 11.8. The molecule has 124 valence electrons. The summed E-state index contributed by atoms with van der Waals surface area (Å²) in [4.78, 5) is 21.7. The Balaban J connectivity index is 2.16. The highest BCUT2D eigenvalue weighted by molar-refractivity contribution is 7.17. The van der Waals surface area contributed by atoms with Gasteiger partial charge in [-0.05, 0) is 18.4 Å². The van der Waals surface area contributed by atoms with Crippen LogP contribution in [0.1, 0.15) is 19.7 Å². The molecule has 1 atom stereocenters. The van der Waals surface area contributed by atoms with Crippen molar-refractivity contribution in [2.45, 2.75) is 26.8 Å². The molecule has 0 aliphatic rings. The molecule has 1 amide bonds. The summed E-state index contributed by atoms with van der Waals surface area (Å²) in [6, 6.07) is 9.62. The van der Waals surface area contributed by atoms with E-state index in [9.17, 15) is 4.79 Å². The van der Waals surface area contributed by atoms with Gasteiger partial charge in [0.1, 0.15) is 22.5 Å². The second-order valence-corrected chi connectivity index (χ2v) is 6.94. The number of fused-ring (bicyclic) bond motifs is 1. The lowest BCUT2D eigenvalue weighted by molar-refractivity contribution is -0.119. The Hall–Kier alpha value is -2.47. The fourth-order valence-electron chi connectivity index (χ4n) is 2.70. The molecule has 3 N–H and O–H groups in total. The van der Waals surface area contributed by atoms with Crippen LogP contribution in [0.5, 0.6) is 0 Å². The molecule has 1 aromatic carbocycles. The van der Waals surface area contributed by atoms with Crippen molar-refractivity contribution in [3.63, 3.8) is 0 Å². The lowest BCUT2D eigenvalue weighted by Crippen LogP contribution is -2.39. The number of thiophene rings is 1. The Labute approximate surface area is 144 Å². The van der Waals surface area contributed by atoms with Gasteiger partial charge in [-0.2, -0.15) is 0 Å². The Morgan fingerprint density at radius 2 is 1.92 bits per heavy atom. The number of hydrogen-bond donors (Lipinski definition) is 2. The largest absolute Gasteiger partial charge is 0.368 e. The summed E-state index contributed by atoms with van der Waals surface area (Å²) in [5.74, 6) is 1.01. The lowest BCUT2D eigenvalue weighted by atomic mass is 10.0. The van der Waals surface area contributed by atoms with Crippen LogP contribution in [0.4, 0.5) is 5.82 Å². The van der Waals surface area contributed by atoms with Gasteiger partial charge in [-0.1, -0.05) is 44.2 Å². The van der Waals surface area contributed by atoms with E-state index in [1.165, 1.54) is 0 Å². The van der Waals surface area contributed by atoms with Crippen LogP contribution in [-0.2, 0) is 4.79 Å². The summed E-state index contributed by atoms with van der Waals surface area (Å²) in [5.41, 5.74) is 7.71. The van der Waals surface area contributed by atoms with Crippen molar-refractivity contribution >= 4 is 33.3 Å². The zero-order valence-corrected chi connectivity index (χ0v) is 14.7. The second kappa shape index (κ2) is 6.57. The second-order valence-electron chi connectivity index (χ2n) is 6.08. The van der Waals surface area contributed by atoms with Gasteiger partial charge in [0.05, 0.1) is 5.39 Å². The normalized spacial score (nSPS) is 12.5. The molecular formula is C18H20N4OS. The molecule has 0 fully saturated rings. The first-order valence-corrected chi connectivity index (χ1v) is 8.72. The fraction of sp³-hybridized carbons (Fsp3) is 0.278. The van der Waals surface area contributed by atoms with Gasteiger partial charge >= 0.3 is 0 Å². The first kappa shape index (κ1) is 16.4. The predicted molar refractivity (Wildman–Crippen MR) is 99.0 cm³/mol. The van der Waals surface area contributed by atoms with E-state index in [1.807, 2.05) is 39.0 Å². The van der Waals surface area contributed by atoms with Crippen LogP contribution in [0.3, 0.4) is 0 Å². The standard InChI is InChI=1S/C18H20N4OS/c1-10(2)15(16(19)23)22-17-14-13(12-7-5-4-6-8-12)9-24-18(14)21-11(3)20-17/h4-10,15H,1-3H3,(H2,19,23)(H,20,21,22). The molecule has 0 radical (unpaired) electrons. The molecule has 0 saturated heterocycles. The summed E-state index contributed by atoms with van der Waals surface area (Å²) < 4.78 is 0. The molecule has 5 nitrogen and oxygen atoms in total. The van der Waals surface area contributed by atoms with Crippen molar-refractivity contribution in [2.24, 2.45) is 11.7 Å². The van der Waals surface area contributed by atoms with Crippen molar-refractivity contribution < 1.29 is 4.79 Å². The predicted octanol–water partition coefficient (Wildman–Crippen LogP) is 3.59. The molecule has 0 saturated carbocycles. The van der Waals surface area contributed by atoms with Gasteiger partial charge in [0.15, 0.2) is 0 Å². The number of carbonyl (C=O) groups excluding carboxylic acids is 1. The zero-order valence-electron chi connectivity index (χ0n) is 13.9. The van der Waals surface area contributed by atoms with Crippen molar-refractivity contribution in [2.75, 3.05) is 5.32 Å². The molecule has 6 heteroatoms. The van der Waals surface area contributed by atoms with Gasteiger partial charge < -0.3 is 11.1 Å². The highest BCUT2D eigenvalue weighted by Crippen LogP contribution is 2.37. The summed E-state index contributed by atoms with van der Waals surface area (Å²) in [6.45, 7) is 5.76. The van der Waals surface area contributed by atoms with Crippen LogP contribution in [0, 0.1) is 12.8 Å². The van der Waals surface area contributed by atoms with E-state index in [-0.39, 0.29) is 11.8 Å². The molecule has 3 rings (SSSR count). The number of hydrogen-bond acceptors (Lipinski definition) is 5. The van der Waals surface area contributed by atoms with Crippen LogP contribution in [0.2, 0.25) is 0 Å². The van der Waals surface area contributed by atoms with E-state index >= 15 is 0 Å². The average Bonchev–Trinajstić information content (AvgIpc) is 2.96. The number of rotatable bonds is 5. The van der Waals surface area contributed by atoms with E-state index in [0.29, 0.717) is 11.6 Å². The van der Waals surface area contributed by atoms with Gasteiger partial charge in [0.2, 0.25) is 5.91 Å². The Morgan fingerprint density at radius 3 is 2.54 bits per heavy atom. The minimum absolute atomic E-state index is 0.0617. The van der Waals surface area contributed by atoms with Crippen LogP contribution in [0.25, 0.3) is 21.3 Å². The van der Waals surface area contributed by atoms with Crippen molar-refractivity contribution in [3.05, 3.63) is 41.5 Å². The van der Waals surface area contributed by atoms with Gasteiger partial charge in [-0.15, -0.1) is 11.3 Å². The van der Waals surface area contributed by atoms with Crippen molar-refractivity contribution in [1.82, 2.24) is 9.97 Å². The third-order valence-electron chi connectivity index (χ3n) is 3.90. The minimum atomic E-state index is -0.481. The summed E-state index contributed by atoms with van der Waals surface area (Å²) in [6.07, 6.45) is 0. The number of primary amides is 1. The number of aromatic nitrogens is 2. The third-order valence-corrected chi connectivity index (χ3v) is 4.77. The SMILES string of the molecule is Cc1nc(NC(C(N)=O)C(C)C)c2c(-c3ccccc3)csc2n1. The quantitative estimate of drug-likeness (QED) is 0.744. The van der Waals surface area contributed by atoms with Crippen molar-refractivity contribution in [3.8, 4) is 11.1 Å². The number of carbonyl (C=O) groups is 1. The maximum Gasteiger partial charge on any atom is 0.240 e. The van der Waals surface area contributed by atoms with E-state index in [4.69, 9.17) is 5.73 Å². The first-order valence-electron chi connectivity index (χ1n) is 7.84. The summed E-state index contributed by atoms with van der Waals surface area (Å²) in [5, 5.41) is 6.25. The van der Waals surface area contributed by atoms with Gasteiger partial charge in [0, 0.05) is 10.9 Å². The summed E-state index contributed by atoms with van der Waals surface area (Å²) >= 11 is 1.57. The van der Waals surface area contributed by atoms with E-state index in [0.717, 1.165) is 21.3 Å². The molecule has 24 heavy (non-hydrogen) atoms. The fourth-order valence-corrected chi connectivity index (χ4v) is 3.69. The van der Waals surface area contributed by atoms with Crippen molar-refractivity contribution in [1.29, 1.82) is 0 Å². The van der Waals surface area contributed by atoms with E-state index in [1.54, 1.807) is 11.3 Å². The number of amides is 1. The van der Waals surface area contributed by atoms with Gasteiger partial charge in [0.25, 0.3) is 0 Å². The molecule has 0 aliphatic carbocycles. The highest BCUT2D eigenvalue weighted by atomic mass is 32.1. The van der Waals surface area contributed by atoms with E-state index < -0.39 is 6.04 Å². The number of benzene rings is 1. The van der Waals surface area contributed by atoms with E-state index in [2.05, 4.69) is 32.8 Å². The number of nitrogens with two attached hydrogens (primary N) is 1. The zero-order chi connectivity index (χ0) is 17.3. The molecule has 0 bridgehead atoms. The van der Waals surface area contributed by atoms with Crippen LogP contribution >= 0.6 is 11.3 Å². The minimum Gasteiger partial charge on any atom is -0.368 e. The number of nitrogens with zero attached hydrogens (tertiary/aromatic N) is 2. The summed E-state index contributed by atoms with van der Waals surface area (Å²) in [7, 11) is 0. The monoisotopic (exact) mass is 340 g/mol. The highest BCUT2D eigenvalue weighted by Gasteiger charge is 2.22. The third kappa shape index (κ3) is 3.10. The van der Waals surface area contributed by atoms with Gasteiger partial charge in [-0.25, -0.2) is 9.97 Å². The molecule has 0 aliphatic heterocycles. The molecule has 2 aromatic heterocycles.